The van der Waals surface area contributed by atoms with Gasteiger partial charge in [-0.3, -0.25) is 10.1 Å². The molecule has 0 radical (unpaired) electrons. The summed E-state index contributed by atoms with van der Waals surface area (Å²) in [5.74, 6) is -0.263. The number of hydrogen-bond acceptors (Lipinski definition) is 6. The van der Waals surface area contributed by atoms with Gasteiger partial charge in [0.2, 0.25) is 0 Å². The summed E-state index contributed by atoms with van der Waals surface area (Å²) in [4.78, 5) is 15.5. The lowest BCUT2D eigenvalue weighted by Crippen LogP contribution is -2.44. The van der Waals surface area contributed by atoms with Crippen LogP contribution in [0.25, 0.3) is 0 Å². The van der Waals surface area contributed by atoms with Crippen molar-refractivity contribution in [3.8, 4) is 0 Å². The number of nitro groups is 1. The van der Waals surface area contributed by atoms with Crippen molar-refractivity contribution in [3.63, 3.8) is 0 Å². The molecule has 0 amide bonds. The lowest BCUT2D eigenvalue weighted by Gasteiger charge is -2.33. The Morgan fingerprint density at radius 1 is 1.04 bits per heavy atom. The molecule has 7 nitrogen and oxygen atoms in total. The Hall–Kier alpha value is -2.45. The van der Waals surface area contributed by atoms with Crippen LogP contribution in [0.1, 0.15) is 5.56 Å². The summed E-state index contributed by atoms with van der Waals surface area (Å²) >= 11 is 0. The number of anilines is 1. The van der Waals surface area contributed by atoms with E-state index in [1.807, 2.05) is 11.9 Å². The molecule has 26 heavy (non-hydrogen) atoms. The Morgan fingerprint density at radius 3 is 2.31 bits per heavy atom. The first kappa shape index (κ1) is 18.3. The third-order valence-corrected chi connectivity index (χ3v) is 6.24. The van der Waals surface area contributed by atoms with Crippen LogP contribution in [0.4, 0.5) is 11.4 Å². The summed E-state index contributed by atoms with van der Waals surface area (Å²) in [6.07, 6.45) is 0. The molecular formula is C18H21N3O4S. The largest absolute Gasteiger partial charge is 0.363 e. The van der Waals surface area contributed by atoms with Gasteiger partial charge in [0.25, 0.3) is 5.69 Å². The maximum absolute atomic E-state index is 12.5. The highest BCUT2D eigenvalue weighted by molar-refractivity contribution is 7.90. The Kier molecular flexibility index (Phi) is 5.24. The third kappa shape index (κ3) is 4.03. The Balaban J connectivity index is 1.88. The van der Waals surface area contributed by atoms with Gasteiger partial charge in [0, 0.05) is 32.2 Å². The molecule has 0 spiro atoms. The van der Waals surface area contributed by atoms with E-state index in [0.29, 0.717) is 24.3 Å². The van der Waals surface area contributed by atoms with E-state index in [0.717, 1.165) is 13.1 Å². The lowest BCUT2D eigenvalue weighted by atomic mass is 10.1. The molecular weight excluding hydrogens is 354 g/mol. The molecule has 0 saturated carbocycles. The zero-order chi connectivity index (χ0) is 18.7. The minimum Gasteiger partial charge on any atom is -0.363 e. The van der Waals surface area contributed by atoms with Crippen LogP contribution in [0.15, 0.2) is 53.4 Å². The van der Waals surface area contributed by atoms with Crippen LogP contribution < -0.4 is 4.90 Å². The molecule has 0 atom stereocenters. The number of rotatable bonds is 5. The predicted molar refractivity (Wildman–Crippen MR) is 100 cm³/mol. The number of hydrogen-bond donors (Lipinski definition) is 0. The molecule has 0 unspecified atom stereocenters. The van der Waals surface area contributed by atoms with Crippen LogP contribution in [-0.4, -0.2) is 51.5 Å². The van der Waals surface area contributed by atoms with Crippen molar-refractivity contribution in [1.29, 1.82) is 0 Å². The molecule has 138 valence electrons. The topological polar surface area (TPSA) is 83.8 Å². The summed E-state index contributed by atoms with van der Waals surface area (Å²) in [5, 5.41) is 11.5. The molecule has 0 aliphatic carbocycles. The van der Waals surface area contributed by atoms with Crippen molar-refractivity contribution in [1.82, 2.24) is 4.90 Å². The molecule has 0 bridgehead atoms. The fourth-order valence-electron chi connectivity index (χ4n) is 3.05. The second-order valence-electron chi connectivity index (χ2n) is 6.44. The van der Waals surface area contributed by atoms with Crippen molar-refractivity contribution >= 4 is 21.2 Å². The van der Waals surface area contributed by atoms with E-state index in [1.165, 1.54) is 18.2 Å². The second kappa shape index (κ2) is 7.43. The fraction of sp³-hybridized carbons (Fsp3) is 0.333. The Bertz CT molecular complexity index is 892. The maximum Gasteiger partial charge on any atom is 0.292 e. The number of likely N-dealkylation sites (N-methyl/N-ethyl adjacent to an activating group) is 1. The van der Waals surface area contributed by atoms with E-state index < -0.39 is 14.8 Å². The first-order chi connectivity index (χ1) is 12.4. The summed E-state index contributed by atoms with van der Waals surface area (Å²) in [7, 11) is -1.53. The van der Waals surface area contributed by atoms with Gasteiger partial charge >= 0.3 is 0 Å². The highest BCUT2D eigenvalue weighted by Crippen LogP contribution is 2.31. The molecule has 1 aliphatic heterocycles. The highest BCUT2D eigenvalue weighted by Gasteiger charge is 2.24. The summed E-state index contributed by atoms with van der Waals surface area (Å²) < 4.78 is 25.0. The standard InChI is InChI=1S/C18H21N3O4S/c1-19-9-11-20(12-10-19)17-8-7-15(13-18(17)21(22)23)14-26(24,25)16-5-3-2-4-6-16/h2-8,13H,9-12,14H2,1H3. The van der Waals surface area contributed by atoms with Crippen molar-refractivity contribution in [2.75, 3.05) is 38.1 Å². The van der Waals surface area contributed by atoms with Crippen molar-refractivity contribution in [3.05, 3.63) is 64.2 Å². The second-order valence-corrected chi connectivity index (χ2v) is 8.43. The average Bonchev–Trinajstić information content (AvgIpc) is 2.63. The molecule has 3 rings (SSSR count). The van der Waals surface area contributed by atoms with E-state index in [1.54, 1.807) is 30.3 Å². The van der Waals surface area contributed by atoms with Crippen LogP contribution >= 0.6 is 0 Å². The van der Waals surface area contributed by atoms with Gasteiger partial charge in [-0.1, -0.05) is 24.3 Å². The average molecular weight is 375 g/mol. The molecule has 1 heterocycles. The van der Waals surface area contributed by atoms with E-state index in [-0.39, 0.29) is 16.3 Å². The number of piperazine rings is 1. The number of nitrogens with zero attached hydrogens (tertiary/aromatic N) is 3. The van der Waals surface area contributed by atoms with Gasteiger partial charge in [-0.05, 0) is 30.8 Å². The van der Waals surface area contributed by atoms with E-state index in [2.05, 4.69) is 4.90 Å². The van der Waals surface area contributed by atoms with Crippen LogP contribution in [-0.2, 0) is 15.6 Å². The van der Waals surface area contributed by atoms with Crippen molar-refractivity contribution < 1.29 is 13.3 Å². The van der Waals surface area contributed by atoms with Gasteiger partial charge in [0.1, 0.15) is 5.69 Å². The number of benzene rings is 2. The SMILES string of the molecule is CN1CCN(c2ccc(CS(=O)(=O)c3ccccc3)cc2[N+](=O)[O-])CC1. The van der Waals surface area contributed by atoms with Crippen LogP contribution in [0.2, 0.25) is 0 Å². The smallest absolute Gasteiger partial charge is 0.292 e. The highest BCUT2D eigenvalue weighted by atomic mass is 32.2. The minimum absolute atomic E-state index is 0.0460. The predicted octanol–water partition coefficient (Wildman–Crippen LogP) is 2.32. The quantitative estimate of drug-likeness (QED) is 0.589. The molecule has 8 heteroatoms. The monoisotopic (exact) mass is 375 g/mol. The lowest BCUT2D eigenvalue weighted by molar-refractivity contribution is -0.384. The molecule has 1 aliphatic rings. The normalized spacial score (nSPS) is 15.8. The molecule has 2 aromatic carbocycles. The van der Waals surface area contributed by atoms with Gasteiger partial charge < -0.3 is 9.80 Å². The van der Waals surface area contributed by atoms with Gasteiger partial charge in [0.15, 0.2) is 9.84 Å². The molecule has 1 fully saturated rings. The number of sulfone groups is 1. The minimum atomic E-state index is -3.54. The zero-order valence-corrected chi connectivity index (χ0v) is 15.4. The van der Waals surface area contributed by atoms with Gasteiger partial charge in [0.05, 0.1) is 15.6 Å². The number of nitro benzene ring substituents is 1. The molecule has 0 aromatic heterocycles. The van der Waals surface area contributed by atoms with Gasteiger partial charge in [-0.15, -0.1) is 0 Å². The van der Waals surface area contributed by atoms with E-state index in [9.17, 15) is 18.5 Å². The van der Waals surface area contributed by atoms with E-state index in [4.69, 9.17) is 0 Å². The first-order valence-electron chi connectivity index (χ1n) is 8.35. The Morgan fingerprint density at radius 2 is 1.69 bits per heavy atom. The van der Waals surface area contributed by atoms with Crippen LogP contribution in [0, 0.1) is 10.1 Å². The summed E-state index contributed by atoms with van der Waals surface area (Å²) in [5.41, 5.74) is 0.915. The van der Waals surface area contributed by atoms with Gasteiger partial charge in [-0.2, -0.15) is 0 Å². The van der Waals surface area contributed by atoms with Crippen LogP contribution in [0.3, 0.4) is 0 Å². The van der Waals surface area contributed by atoms with Gasteiger partial charge in [-0.25, -0.2) is 8.42 Å². The van der Waals surface area contributed by atoms with Crippen LogP contribution in [0.5, 0.6) is 0 Å². The first-order valence-corrected chi connectivity index (χ1v) is 10.0. The maximum atomic E-state index is 12.5. The summed E-state index contributed by atoms with van der Waals surface area (Å²) in [6.45, 7) is 3.08. The molecule has 1 saturated heterocycles. The van der Waals surface area contributed by atoms with Crippen molar-refractivity contribution in [2.45, 2.75) is 10.6 Å². The fourth-order valence-corrected chi connectivity index (χ4v) is 4.41. The van der Waals surface area contributed by atoms with E-state index >= 15 is 0 Å². The third-order valence-electron chi connectivity index (χ3n) is 4.54. The molecule has 0 N–H and O–H groups in total. The molecule has 2 aromatic rings. The summed E-state index contributed by atoms with van der Waals surface area (Å²) in [6, 6.07) is 12.8. The van der Waals surface area contributed by atoms with Crippen molar-refractivity contribution in [2.24, 2.45) is 0 Å². The Labute approximate surface area is 152 Å². The zero-order valence-electron chi connectivity index (χ0n) is 14.5.